The van der Waals surface area contributed by atoms with E-state index >= 15 is 0 Å². The van der Waals surface area contributed by atoms with Crippen LogP contribution in [-0.2, 0) is 28.8 Å². The quantitative estimate of drug-likeness (QED) is 0.198. The van der Waals surface area contributed by atoms with Gasteiger partial charge < -0.3 is 135 Å². The molecule has 0 aromatic heterocycles. The van der Waals surface area contributed by atoms with Gasteiger partial charge >= 0.3 is 113 Å². The predicted molar refractivity (Wildman–Crippen MR) is 119 cm³/mol. The molecule has 0 unspecified atom stereocenters. The number of carboxylic acids is 6. The number of hydrogen-bond acceptors (Lipinski definition) is 14. The van der Waals surface area contributed by atoms with Gasteiger partial charge in [0, 0.05) is 49.6 Å². The molecule has 0 fully saturated rings. The molecule has 26 N–H and O–H groups in total. The van der Waals surface area contributed by atoms with Crippen molar-refractivity contribution in [2.24, 2.45) is 0 Å². The molecule has 0 rings (SSSR count). The third-order valence-corrected chi connectivity index (χ3v) is 2.51. The molecule has 0 saturated heterocycles. The fourth-order valence-corrected chi connectivity index (χ4v) is 1.37. The topological polar surface area (TPSA) is 659 Å². The van der Waals surface area contributed by atoms with E-state index in [2.05, 4.69) is 0 Å². The molecular formula is C12H34Ca3O26. The fraction of sp³-hybridized carbons (Fsp3) is 0.500. The molecule has 244 valence electrons. The van der Waals surface area contributed by atoms with Crippen molar-refractivity contribution < 1.29 is 135 Å². The maximum Gasteiger partial charge on any atom is 2.00 e. The van der Waals surface area contributed by atoms with Gasteiger partial charge in [-0.15, -0.1) is 0 Å². The second-order valence-electron chi connectivity index (χ2n) is 4.83. The Labute approximate surface area is 317 Å². The van der Waals surface area contributed by atoms with Crippen molar-refractivity contribution in [3.8, 4) is 0 Å². The first kappa shape index (κ1) is 114. The first-order valence-corrected chi connectivity index (χ1v) is 6.23. The molecule has 41 heavy (non-hydrogen) atoms. The minimum Gasteiger partial charge on any atom is -0.550 e. The van der Waals surface area contributed by atoms with Crippen LogP contribution < -0.4 is 30.6 Å². The van der Waals surface area contributed by atoms with Crippen LogP contribution in [0.2, 0.25) is 0 Å². The molecule has 0 aliphatic rings. The zero-order valence-electron chi connectivity index (χ0n) is 20.7. The zero-order chi connectivity index (χ0) is 21.3. The van der Waals surface area contributed by atoms with Gasteiger partial charge in [-0.25, -0.2) is 0 Å². The van der Waals surface area contributed by atoms with E-state index in [4.69, 9.17) is 10.2 Å². The Kier molecular flexibility index (Phi) is 146. The number of aliphatic carboxylic acids is 6. The maximum absolute atomic E-state index is 10.1. The number of carboxylic acid groups (broad SMARTS) is 6. The van der Waals surface area contributed by atoms with Crippen molar-refractivity contribution in [1.82, 2.24) is 0 Å². The van der Waals surface area contributed by atoms with Crippen LogP contribution in [0.4, 0.5) is 0 Å². The summed E-state index contributed by atoms with van der Waals surface area (Å²) in [6.45, 7) is 0. The number of aliphatic hydroxyl groups is 2. The molecule has 0 heterocycles. The summed E-state index contributed by atoms with van der Waals surface area (Å²) in [7, 11) is 0. The Morgan fingerprint density at radius 2 is 0.463 bits per heavy atom. The molecule has 0 saturated carbocycles. The van der Waals surface area contributed by atoms with Crippen molar-refractivity contribution >= 4 is 149 Å². The third kappa shape index (κ3) is 56.4. The fourth-order valence-electron chi connectivity index (χ4n) is 1.37. The number of carbonyl (C=O) groups is 6. The average Bonchev–Trinajstić information content (AvgIpc) is 2.34. The summed E-state index contributed by atoms with van der Waals surface area (Å²) >= 11 is 0. The molecule has 0 spiro atoms. The molecule has 0 aromatic carbocycles. The summed E-state index contributed by atoms with van der Waals surface area (Å²) in [6, 6.07) is 0. The molecular weight excluding hydrogens is 680 g/mol. The van der Waals surface area contributed by atoms with E-state index in [0.717, 1.165) is 0 Å². The third-order valence-electron chi connectivity index (χ3n) is 2.51. The van der Waals surface area contributed by atoms with Gasteiger partial charge in [0.25, 0.3) is 0 Å². The monoisotopic (exact) mass is 714 g/mol. The normalized spacial score (nSPS) is 6.88. The van der Waals surface area contributed by atoms with Crippen molar-refractivity contribution in [3.63, 3.8) is 0 Å². The van der Waals surface area contributed by atoms with E-state index < -0.39 is 72.7 Å². The van der Waals surface area contributed by atoms with Gasteiger partial charge in [-0.1, -0.05) is 0 Å². The van der Waals surface area contributed by atoms with Gasteiger partial charge in [-0.05, 0) is 0 Å². The average molecular weight is 715 g/mol. The number of rotatable bonds is 10. The van der Waals surface area contributed by atoms with Crippen molar-refractivity contribution in [3.05, 3.63) is 0 Å². The van der Waals surface area contributed by atoms with E-state index in [0.29, 0.717) is 0 Å². The number of carbonyl (C=O) groups excluding carboxylic acids is 6. The van der Waals surface area contributed by atoms with Crippen LogP contribution in [0.1, 0.15) is 25.7 Å². The molecule has 0 amide bonds. The van der Waals surface area contributed by atoms with Crippen molar-refractivity contribution in [2.45, 2.75) is 36.9 Å². The zero-order valence-corrected chi connectivity index (χ0v) is 27.4. The van der Waals surface area contributed by atoms with E-state index in [9.17, 15) is 59.4 Å². The summed E-state index contributed by atoms with van der Waals surface area (Å²) in [5.74, 6) is -12.0. The van der Waals surface area contributed by atoms with Gasteiger partial charge in [0.05, 0.1) is 11.9 Å². The molecule has 0 aromatic rings. The molecule has 26 nitrogen and oxygen atoms in total. The molecule has 29 heteroatoms. The van der Waals surface area contributed by atoms with E-state index in [1.807, 2.05) is 0 Å². The van der Waals surface area contributed by atoms with Gasteiger partial charge in [0.2, 0.25) is 0 Å². The van der Waals surface area contributed by atoms with E-state index in [1.54, 1.807) is 0 Å². The summed E-state index contributed by atoms with van der Waals surface area (Å²) in [5.41, 5.74) is -5.95. The van der Waals surface area contributed by atoms with Gasteiger partial charge in [0.15, 0.2) is 0 Å². The van der Waals surface area contributed by atoms with Crippen molar-refractivity contribution in [1.29, 1.82) is 0 Å². The second-order valence-corrected chi connectivity index (χ2v) is 4.83. The van der Waals surface area contributed by atoms with Crippen LogP contribution in [0, 0.1) is 0 Å². The smallest absolute Gasteiger partial charge is 0.550 e. The van der Waals surface area contributed by atoms with Crippen LogP contribution in [0.15, 0.2) is 0 Å². The minimum atomic E-state index is -2.97. The van der Waals surface area contributed by atoms with E-state index in [1.165, 1.54) is 0 Å². The molecule has 0 radical (unpaired) electrons. The maximum atomic E-state index is 10.1. The van der Waals surface area contributed by atoms with E-state index in [-0.39, 0.29) is 179 Å². The number of hydrogen-bond donors (Lipinski definition) is 2. The summed E-state index contributed by atoms with van der Waals surface area (Å²) in [5, 5.41) is 77.9. The SMILES string of the molecule is O.O.O.O.O.O.O.O.O.O.O.O.O=C([O-])CC(O)(CC(=O)[O-])C(=O)[O-].O=C([O-])CC(O)(CC(=O)[O-])C(=O)[O-].[Ca+2].[Ca+2].[Ca+2]. The molecule has 0 atom stereocenters. The second kappa shape index (κ2) is 52.7. The van der Waals surface area contributed by atoms with Crippen LogP contribution in [0.25, 0.3) is 0 Å². The van der Waals surface area contributed by atoms with Crippen LogP contribution in [0.5, 0.6) is 0 Å². The first-order valence-electron chi connectivity index (χ1n) is 6.23. The Morgan fingerprint density at radius 3 is 0.512 bits per heavy atom. The first-order chi connectivity index (χ1) is 11.6. The largest absolute Gasteiger partial charge is 2.00 e. The van der Waals surface area contributed by atoms with Crippen LogP contribution >= 0.6 is 0 Å². The Bertz CT molecular complexity index is 531. The standard InChI is InChI=1S/2C6H8O7.3Ca.12H2O/c2*7-3(8)1-6(13,5(11)12)2-4(9)10;;;;;;;;;;;;;;;/h2*13H,1-2H2,(H,7,8)(H,9,10)(H,11,12);;;;12*1H2/q;;3*+2;;;;;;;;;;;;/p-6. The molecule has 0 aliphatic carbocycles. The Hall–Kier alpha value is 0.0392. The molecule has 0 aliphatic heterocycles. The van der Waals surface area contributed by atoms with Gasteiger partial charge in [-0.3, -0.25) is 0 Å². The minimum absolute atomic E-state index is 0. The van der Waals surface area contributed by atoms with Crippen LogP contribution in [0.3, 0.4) is 0 Å². The van der Waals surface area contributed by atoms with Crippen LogP contribution in [-0.4, -0.2) is 236 Å². The summed E-state index contributed by atoms with van der Waals surface area (Å²) in [4.78, 5) is 60.0. The predicted octanol–water partition coefficient (Wildman–Crippen LogP) is -21.5. The Morgan fingerprint density at radius 1 is 0.366 bits per heavy atom. The van der Waals surface area contributed by atoms with Crippen molar-refractivity contribution in [2.75, 3.05) is 0 Å². The summed E-state index contributed by atoms with van der Waals surface area (Å²) in [6.07, 6.45) is -5.43. The van der Waals surface area contributed by atoms with Gasteiger partial charge in [-0.2, -0.15) is 0 Å². The molecule has 0 bridgehead atoms. The Balaban J connectivity index is -0.0000000137. The summed E-state index contributed by atoms with van der Waals surface area (Å²) < 4.78 is 0. The van der Waals surface area contributed by atoms with Gasteiger partial charge in [0.1, 0.15) is 11.2 Å².